The number of hydrogen-bond acceptors (Lipinski definition) is 5. The molecule has 0 spiro atoms. The Morgan fingerprint density at radius 1 is 1.21 bits per heavy atom. The average Bonchev–Trinajstić information content (AvgIpc) is 2.72. The van der Waals surface area contributed by atoms with E-state index in [-0.39, 0.29) is 5.91 Å². The molecule has 0 unspecified atom stereocenters. The lowest BCUT2D eigenvalue weighted by Gasteiger charge is -2.54. The van der Waals surface area contributed by atoms with Crippen LogP contribution in [0.5, 0.6) is 0 Å². The van der Waals surface area contributed by atoms with Crippen molar-refractivity contribution < 1.29 is 9.90 Å². The molecule has 4 saturated carbocycles. The molecule has 4 aliphatic carbocycles. The van der Waals surface area contributed by atoms with Crippen LogP contribution in [-0.4, -0.2) is 33.2 Å². The number of amides is 1. The minimum absolute atomic E-state index is 0.00310. The molecule has 5 rings (SSSR count). The highest BCUT2D eigenvalue weighted by atomic mass is 32.2. The Labute approximate surface area is 115 Å². The second kappa shape index (κ2) is 4.06. The summed E-state index contributed by atoms with van der Waals surface area (Å²) in [7, 11) is 0. The quantitative estimate of drug-likeness (QED) is 0.707. The van der Waals surface area contributed by atoms with Crippen LogP contribution < -0.4 is 5.32 Å². The SMILES string of the molecule is O=C1CS/C(=N/N=C2[C@@H]3CC4C[C@@H]2CC(O)(C4)C3)N1. The van der Waals surface area contributed by atoms with Crippen LogP contribution in [0.15, 0.2) is 10.2 Å². The maximum absolute atomic E-state index is 11.1. The number of nitrogens with one attached hydrogen (secondary N) is 1. The van der Waals surface area contributed by atoms with Crippen molar-refractivity contribution >= 4 is 28.5 Å². The Morgan fingerprint density at radius 3 is 2.53 bits per heavy atom. The van der Waals surface area contributed by atoms with Crippen molar-refractivity contribution in [1.29, 1.82) is 0 Å². The van der Waals surface area contributed by atoms with E-state index in [4.69, 9.17) is 0 Å². The summed E-state index contributed by atoms with van der Waals surface area (Å²) in [5.41, 5.74) is 0.730. The van der Waals surface area contributed by atoms with E-state index in [1.807, 2.05) is 0 Å². The fraction of sp³-hybridized carbons (Fsp3) is 0.769. The minimum Gasteiger partial charge on any atom is -0.390 e. The Hall–Kier alpha value is -0.880. The zero-order chi connectivity index (χ0) is 13.0. The van der Waals surface area contributed by atoms with Crippen LogP contribution in [-0.2, 0) is 4.79 Å². The maximum Gasteiger partial charge on any atom is 0.236 e. The van der Waals surface area contributed by atoms with Gasteiger partial charge in [0.15, 0.2) is 5.17 Å². The van der Waals surface area contributed by atoms with E-state index in [1.165, 1.54) is 11.8 Å². The van der Waals surface area contributed by atoms with Gasteiger partial charge in [-0.3, -0.25) is 4.79 Å². The van der Waals surface area contributed by atoms with Gasteiger partial charge >= 0.3 is 0 Å². The van der Waals surface area contributed by atoms with Gasteiger partial charge in [0, 0.05) is 17.5 Å². The van der Waals surface area contributed by atoms with Crippen molar-refractivity contribution in [3.05, 3.63) is 0 Å². The molecule has 1 heterocycles. The Bertz CT molecular complexity index is 484. The molecule has 19 heavy (non-hydrogen) atoms. The second-order valence-electron chi connectivity index (χ2n) is 6.33. The van der Waals surface area contributed by atoms with E-state index in [9.17, 15) is 9.90 Å². The molecule has 5 nitrogen and oxygen atoms in total. The van der Waals surface area contributed by atoms with Crippen molar-refractivity contribution in [2.24, 2.45) is 28.0 Å². The first-order chi connectivity index (χ1) is 9.11. The third kappa shape index (κ3) is 2.01. The minimum atomic E-state index is -0.432. The zero-order valence-corrected chi connectivity index (χ0v) is 11.4. The lowest BCUT2D eigenvalue weighted by atomic mass is 9.53. The topological polar surface area (TPSA) is 74.0 Å². The van der Waals surface area contributed by atoms with Gasteiger partial charge in [-0.1, -0.05) is 11.8 Å². The molecule has 2 N–H and O–H groups in total. The van der Waals surface area contributed by atoms with Crippen LogP contribution in [0.4, 0.5) is 0 Å². The number of carbonyl (C=O) groups is 1. The number of aliphatic hydroxyl groups is 1. The number of nitrogens with zero attached hydrogens (tertiary/aromatic N) is 2. The summed E-state index contributed by atoms with van der Waals surface area (Å²) in [6.45, 7) is 0. The summed E-state index contributed by atoms with van der Waals surface area (Å²) in [6, 6.07) is 0. The molecule has 5 fully saturated rings. The van der Waals surface area contributed by atoms with Gasteiger partial charge in [-0.15, -0.1) is 5.10 Å². The Morgan fingerprint density at radius 2 is 1.95 bits per heavy atom. The molecule has 0 aromatic heterocycles. The van der Waals surface area contributed by atoms with Crippen LogP contribution >= 0.6 is 11.8 Å². The molecule has 1 saturated heterocycles. The van der Waals surface area contributed by atoms with E-state index in [0.29, 0.717) is 28.7 Å². The molecule has 1 aliphatic heterocycles. The summed E-state index contributed by atoms with van der Waals surface area (Å²) in [5.74, 6) is 1.93. The lowest BCUT2D eigenvalue weighted by molar-refractivity contribution is -0.116. The monoisotopic (exact) mass is 279 g/mol. The molecule has 2 atom stereocenters. The number of hydrogen-bond donors (Lipinski definition) is 2. The van der Waals surface area contributed by atoms with Gasteiger partial charge in [-0.25, -0.2) is 0 Å². The standard InChI is InChI=1S/C13H17N3O2S/c17-10-6-19-12(14-10)16-15-11-8-1-7-2-9(11)5-13(18,3-7)4-8/h7-9,18H,1-6H2,(H,14,16,17)/t7?,8-,9-,13?/m1/s1. The molecule has 0 radical (unpaired) electrons. The fourth-order valence-electron chi connectivity index (χ4n) is 4.37. The highest BCUT2D eigenvalue weighted by Gasteiger charge is 2.53. The Kier molecular flexibility index (Phi) is 2.54. The van der Waals surface area contributed by atoms with Gasteiger partial charge in [0.05, 0.1) is 11.4 Å². The van der Waals surface area contributed by atoms with E-state index < -0.39 is 5.60 Å². The molecule has 0 aromatic rings. The molecule has 102 valence electrons. The largest absolute Gasteiger partial charge is 0.390 e. The predicted molar refractivity (Wildman–Crippen MR) is 74.0 cm³/mol. The first-order valence-electron chi connectivity index (χ1n) is 6.92. The van der Waals surface area contributed by atoms with Crippen molar-refractivity contribution in [3.8, 4) is 0 Å². The van der Waals surface area contributed by atoms with E-state index >= 15 is 0 Å². The van der Waals surface area contributed by atoms with Crippen molar-refractivity contribution in [3.63, 3.8) is 0 Å². The number of rotatable bonds is 1. The van der Waals surface area contributed by atoms with Gasteiger partial charge in [0.2, 0.25) is 5.91 Å². The first kappa shape index (κ1) is 11.9. The lowest BCUT2D eigenvalue weighted by Crippen LogP contribution is -2.55. The van der Waals surface area contributed by atoms with Gasteiger partial charge in [-0.2, -0.15) is 5.10 Å². The second-order valence-corrected chi connectivity index (χ2v) is 7.30. The maximum atomic E-state index is 11.1. The van der Waals surface area contributed by atoms with Crippen LogP contribution in [0.25, 0.3) is 0 Å². The first-order valence-corrected chi connectivity index (χ1v) is 7.90. The Balaban J connectivity index is 1.58. The molecule has 4 bridgehead atoms. The van der Waals surface area contributed by atoms with Crippen molar-refractivity contribution in [2.75, 3.05) is 5.75 Å². The smallest absolute Gasteiger partial charge is 0.236 e. The highest BCUT2D eigenvalue weighted by Crippen LogP contribution is 2.54. The zero-order valence-electron chi connectivity index (χ0n) is 10.6. The summed E-state index contributed by atoms with van der Waals surface area (Å²) in [5, 5.41) is 22.4. The summed E-state index contributed by atoms with van der Waals surface area (Å²) >= 11 is 1.41. The number of amidine groups is 1. The normalized spacial score (nSPS) is 45.9. The third-order valence-electron chi connectivity index (χ3n) is 4.84. The van der Waals surface area contributed by atoms with Gasteiger partial charge < -0.3 is 10.4 Å². The predicted octanol–water partition coefficient (Wildman–Crippen LogP) is 1.13. The van der Waals surface area contributed by atoms with Crippen LogP contribution in [0, 0.1) is 17.8 Å². The number of carbonyl (C=O) groups excluding carboxylic acids is 1. The van der Waals surface area contributed by atoms with Gasteiger partial charge in [-0.05, 0) is 38.0 Å². The van der Waals surface area contributed by atoms with E-state index in [2.05, 4.69) is 15.5 Å². The molecule has 1 amide bonds. The van der Waals surface area contributed by atoms with Gasteiger partial charge in [0.25, 0.3) is 0 Å². The van der Waals surface area contributed by atoms with Crippen LogP contribution in [0.1, 0.15) is 32.1 Å². The molecule has 6 heteroatoms. The summed E-state index contributed by atoms with van der Waals surface area (Å²) in [6.07, 6.45) is 4.99. The van der Waals surface area contributed by atoms with Crippen molar-refractivity contribution in [2.45, 2.75) is 37.7 Å². The highest BCUT2D eigenvalue weighted by molar-refractivity contribution is 8.15. The summed E-state index contributed by atoms with van der Waals surface area (Å²) in [4.78, 5) is 11.1. The van der Waals surface area contributed by atoms with Crippen LogP contribution in [0.3, 0.4) is 0 Å². The summed E-state index contributed by atoms with van der Waals surface area (Å²) < 4.78 is 0. The third-order valence-corrected chi connectivity index (χ3v) is 5.70. The molecular formula is C13H17N3O2S. The fourth-order valence-corrected chi connectivity index (χ4v) is 4.99. The molecule has 5 aliphatic rings. The van der Waals surface area contributed by atoms with E-state index in [0.717, 1.165) is 37.8 Å². The van der Waals surface area contributed by atoms with Crippen molar-refractivity contribution in [1.82, 2.24) is 5.32 Å². The number of thioether (sulfide) groups is 1. The van der Waals surface area contributed by atoms with Gasteiger partial charge in [0.1, 0.15) is 0 Å². The van der Waals surface area contributed by atoms with Crippen LogP contribution in [0.2, 0.25) is 0 Å². The average molecular weight is 279 g/mol. The molecular weight excluding hydrogens is 262 g/mol. The van der Waals surface area contributed by atoms with E-state index in [1.54, 1.807) is 0 Å². The molecule has 0 aromatic carbocycles.